The quantitative estimate of drug-likeness (QED) is 0.684. The number of alkyl halides is 1. The van der Waals surface area contributed by atoms with Gasteiger partial charge in [0.25, 0.3) is 0 Å². The fourth-order valence-electron chi connectivity index (χ4n) is 2.17. The van der Waals surface area contributed by atoms with Crippen molar-refractivity contribution in [3.63, 3.8) is 0 Å². The van der Waals surface area contributed by atoms with Crippen molar-refractivity contribution in [3.05, 3.63) is 0 Å². The Kier molecular flexibility index (Phi) is 4.45. The molecule has 0 unspecified atom stereocenters. The van der Waals surface area contributed by atoms with E-state index >= 15 is 0 Å². The van der Waals surface area contributed by atoms with E-state index in [2.05, 4.69) is 0 Å². The average molecular weight is 232 g/mol. The Bertz CT molecular complexity index is 222. The van der Waals surface area contributed by atoms with Gasteiger partial charge in [0.05, 0.1) is 5.41 Å². The zero-order valence-corrected chi connectivity index (χ0v) is 10.8. The van der Waals surface area contributed by atoms with E-state index in [4.69, 9.17) is 11.6 Å². The predicted molar refractivity (Wildman–Crippen MR) is 64.1 cm³/mol. The molecule has 1 fully saturated rings. The second-order valence-electron chi connectivity index (χ2n) is 5.23. The molecule has 1 aliphatic carbocycles. The SMILES string of the molecule is CN(C(=O)C(C)(C)CCl)C1CCCCC1. The standard InChI is InChI=1S/C12H22ClNO/c1-12(2,9-13)11(15)14(3)10-7-5-4-6-8-10/h10H,4-9H2,1-3H3. The first-order valence-corrected chi connectivity index (χ1v) is 6.35. The van der Waals surface area contributed by atoms with Gasteiger partial charge in [0.2, 0.25) is 5.91 Å². The molecule has 0 aromatic heterocycles. The van der Waals surface area contributed by atoms with E-state index in [0.717, 1.165) is 12.8 Å². The molecule has 1 rings (SSSR count). The van der Waals surface area contributed by atoms with Gasteiger partial charge >= 0.3 is 0 Å². The van der Waals surface area contributed by atoms with Crippen LogP contribution in [-0.4, -0.2) is 29.8 Å². The van der Waals surface area contributed by atoms with Crippen LogP contribution in [0.5, 0.6) is 0 Å². The number of halogens is 1. The molecule has 0 heterocycles. The number of hydrogen-bond acceptors (Lipinski definition) is 1. The smallest absolute Gasteiger partial charge is 0.229 e. The lowest BCUT2D eigenvalue weighted by molar-refractivity contribution is -0.140. The summed E-state index contributed by atoms with van der Waals surface area (Å²) < 4.78 is 0. The predicted octanol–water partition coefficient (Wildman–Crippen LogP) is 3.04. The Hall–Kier alpha value is -0.240. The van der Waals surface area contributed by atoms with Gasteiger partial charge in [-0.3, -0.25) is 4.79 Å². The van der Waals surface area contributed by atoms with Gasteiger partial charge < -0.3 is 4.90 Å². The summed E-state index contributed by atoms with van der Waals surface area (Å²) in [6.45, 7) is 3.84. The molecule has 88 valence electrons. The van der Waals surface area contributed by atoms with Crippen molar-refractivity contribution in [1.29, 1.82) is 0 Å². The molecule has 3 heteroatoms. The van der Waals surface area contributed by atoms with E-state index < -0.39 is 5.41 Å². The first kappa shape index (κ1) is 12.8. The summed E-state index contributed by atoms with van der Waals surface area (Å²) in [5.41, 5.74) is -0.423. The summed E-state index contributed by atoms with van der Waals surface area (Å²) >= 11 is 5.82. The normalized spacial score (nSPS) is 18.9. The summed E-state index contributed by atoms with van der Waals surface area (Å²) in [5.74, 6) is 0.576. The van der Waals surface area contributed by atoms with Crippen LogP contribution in [0.3, 0.4) is 0 Å². The molecule has 0 saturated heterocycles. The van der Waals surface area contributed by atoms with E-state index in [0.29, 0.717) is 11.9 Å². The summed E-state index contributed by atoms with van der Waals surface area (Å²) in [6.07, 6.45) is 6.13. The van der Waals surface area contributed by atoms with E-state index in [1.807, 2.05) is 25.8 Å². The van der Waals surface area contributed by atoms with Crippen LogP contribution in [0.15, 0.2) is 0 Å². The first-order chi connectivity index (χ1) is 6.99. The molecule has 0 aromatic rings. The van der Waals surface area contributed by atoms with E-state index in [1.165, 1.54) is 19.3 Å². The zero-order chi connectivity index (χ0) is 11.5. The number of carbonyl (C=O) groups excluding carboxylic acids is 1. The maximum absolute atomic E-state index is 12.1. The molecule has 0 aliphatic heterocycles. The third-order valence-electron chi connectivity index (χ3n) is 3.36. The molecule has 15 heavy (non-hydrogen) atoms. The minimum atomic E-state index is -0.423. The number of hydrogen-bond donors (Lipinski definition) is 0. The van der Waals surface area contributed by atoms with Crippen LogP contribution in [0.4, 0.5) is 0 Å². The number of rotatable bonds is 3. The Morgan fingerprint density at radius 2 is 1.87 bits per heavy atom. The Labute approximate surface area is 98.0 Å². The number of nitrogens with zero attached hydrogens (tertiary/aromatic N) is 1. The molecule has 1 amide bonds. The van der Waals surface area contributed by atoms with Crippen molar-refractivity contribution >= 4 is 17.5 Å². The number of amides is 1. The monoisotopic (exact) mass is 231 g/mol. The molecule has 0 bridgehead atoms. The van der Waals surface area contributed by atoms with E-state index in [9.17, 15) is 4.79 Å². The van der Waals surface area contributed by atoms with Crippen LogP contribution in [0.1, 0.15) is 46.0 Å². The highest BCUT2D eigenvalue weighted by Gasteiger charge is 2.32. The zero-order valence-electron chi connectivity index (χ0n) is 10.1. The molecule has 2 nitrogen and oxygen atoms in total. The second-order valence-corrected chi connectivity index (χ2v) is 5.49. The van der Waals surface area contributed by atoms with Gasteiger partial charge in [0.15, 0.2) is 0 Å². The topological polar surface area (TPSA) is 20.3 Å². The summed E-state index contributed by atoms with van der Waals surface area (Å²) in [5, 5.41) is 0. The minimum Gasteiger partial charge on any atom is -0.342 e. The van der Waals surface area contributed by atoms with Gasteiger partial charge in [-0.1, -0.05) is 19.3 Å². The Balaban J connectivity index is 2.58. The third kappa shape index (κ3) is 3.10. The van der Waals surface area contributed by atoms with Crippen LogP contribution >= 0.6 is 11.6 Å². The maximum atomic E-state index is 12.1. The molecule has 1 aliphatic rings. The van der Waals surface area contributed by atoms with Crippen LogP contribution < -0.4 is 0 Å². The fourth-order valence-corrected chi connectivity index (χ4v) is 2.28. The highest BCUT2D eigenvalue weighted by molar-refractivity contribution is 6.19. The molecular formula is C12H22ClNO. The lowest BCUT2D eigenvalue weighted by Gasteiger charge is -2.35. The van der Waals surface area contributed by atoms with Crippen molar-refractivity contribution < 1.29 is 4.79 Å². The molecule has 0 spiro atoms. The molecule has 1 saturated carbocycles. The van der Waals surface area contributed by atoms with Crippen LogP contribution in [0, 0.1) is 5.41 Å². The van der Waals surface area contributed by atoms with Gasteiger partial charge in [0, 0.05) is 19.0 Å². The van der Waals surface area contributed by atoms with Crippen LogP contribution in [0.2, 0.25) is 0 Å². The van der Waals surface area contributed by atoms with Gasteiger partial charge in [-0.25, -0.2) is 0 Å². The maximum Gasteiger partial charge on any atom is 0.229 e. The average Bonchev–Trinajstić information content (AvgIpc) is 2.28. The lowest BCUT2D eigenvalue weighted by atomic mass is 9.90. The highest BCUT2D eigenvalue weighted by Crippen LogP contribution is 2.26. The molecule has 0 radical (unpaired) electrons. The van der Waals surface area contributed by atoms with Gasteiger partial charge in [0.1, 0.15) is 0 Å². The van der Waals surface area contributed by atoms with Crippen molar-refractivity contribution in [2.45, 2.75) is 52.0 Å². The van der Waals surface area contributed by atoms with Crippen molar-refractivity contribution in [2.75, 3.05) is 12.9 Å². The highest BCUT2D eigenvalue weighted by atomic mass is 35.5. The summed E-state index contributed by atoms with van der Waals surface area (Å²) in [7, 11) is 1.92. The first-order valence-electron chi connectivity index (χ1n) is 5.82. The number of carbonyl (C=O) groups is 1. The second kappa shape index (κ2) is 5.20. The Morgan fingerprint density at radius 1 is 1.33 bits per heavy atom. The van der Waals surface area contributed by atoms with Crippen LogP contribution in [-0.2, 0) is 4.79 Å². The van der Waals surface area contributed by atoms with Crippen molar-refractivity contribution in [2.24, 2.45) is 5.41 Å². The van der Waals surface area contributed by atoms with Gasteiger partial charge in [-0.15, -0.1) is 11.6 Å². The molecule has 0 N–H and O–H groups in total. The fraction of sp³-hybridized carbons (Fsp3) is 0.917. The van der Waals surface area contributed by atoms with Gasteiger partial charge in [-0.2, -0.15) is 0 Å². The molecular weight excluding hydrogens is 210 g/mol. The van der Waals surface area contributed by atoms with Crippen molar-refractivity contribution in [1.82, 2.24) is 4.90 Å². The van der Waals surface area contributed by atoms with E-state index in [-0.39, 0.29) is 5.91 Å². The van der Waals surface area contributed by atoms with Gasteiger partial charge in [-0.05, 0) is 26.7 Å². The minimum absolute atomic E-state index is 0.185. The van der Waals surface area contributed by atoms with Crippen molar-refractivity contribution in [3.8, 4) is 0 Å². The Morgan fingerprint density at radius 3 is 2.33 bits per heavy atom. The lowest BCUT2D eigenvalue weighted by Crippen LogP contribution is -2.45. The van der Waals surface area contributed by atoms with E-state index in [1.54, 1.807) is 0 Å². The summed E-state index contributed by atoms with van der Waals surface area (Å²) in [4.78, 5) is 14.1. The van der Waals surface area contributed by atoms with Crippen LogP contribution in [0.25, 0.3) is 0 Å². The summed E-state index contributed by atoms with van der Waals surface area (Å²) in [6, 6.07) is 0.439. The third-order valence-corrected chi connectivity index (χ3v) is 4.02. The largest absolute Gasteiger partial charge is 0.342 e. The molecule has 0 atom stereocenters. The molecule has 0 aromatic carbocycles.